The van der Waals surface area contributed by atoms with Crippen LogP contribution in [0.2, 0.25) is 0 Å². The molecule has 0 fully saturated rings. The molecule has 2 rings (SSSR count). The highest BCUT2D eigenvalue weighted by molar-refractivity contribution is 6.04. The number of amides is 3. The summed E-state index contributed by atoms with van der Waals surface area (Å²) in [6, 6.07) is 13.1. The van der Waals surface area contributed by atoms with Crippen molar-refractivity contribution in [1.82, 2.24) is 5.32 Å². The van der Waals surface area contributed by atoms with Gasteiger partial charge < -0.3 is 25.8 Å². The topological polar surface area (TPSA) is 117 Å². The molecule has 8 nitrogen and oxygen atoms in total. The monoisotopic (exact) mass is 399 g/mol. The first-order valence-corrected chi connectivity index (χ1v) is 9.27. The van der Waals surface area contributed by atoms with E-state index in [1.165, 1.54) is 0 Å². The number of hydrogen-bond acceptors (Lipinski definition) is 4. The van der Waals surface area contributed by atoms with Gasteiger partial charge in [0.1, 0.15) is 5.75 Å². The molecule has 0 saturated heterocycles. The molecule has 0 radical (unpaired) electrons. The van der Waals surface area contributed by atoms with Gasteiger partial charge in [0, 0.05) is 29.4 Å². The van der Waals surface area contributed by atoms with Crippen molar-refractivity contribution in [1.29, 1.82) is 0 Å². The molecule has 0 heterocycles. The van der Waals surface area contributed by atoms with E-state index in [2.05, 4.69) is 16.0 Å². The van der Waals surface area contributed by atoms with E-state index in [0.29, 0.717) is 35.7 Å². The number of hydrogen-bond donors (Lipinski definition) is 4. The molecule has 2 aromatic carbocycles. The molecule has 8 heteroatoms. The van der Waals surface area contributed by atoms with Crippen molar-refractivity contribution < 1.29 is 24.2 Å². The maximum absolute atomic E-state index is 12.4. The van der Waals surface area contributed by atoms with E-state index in [-0.39, 0.29) is 24.4 Å². The number of nitrogens with one attached hydrogen (secondary N) is 3. The number of ether oxygens (including phenoxy) is 1. The summed E-state index contributed by atoms with van der Waals surface area (Å²) in [5.41, 5.74) is 1.64. The van der Waals surface area contributed by atoms with Crippen LogP contribution in [0, 0.1) is 0 Å². The van der Waals surface area contributed by atoms with Crippen LogP contribution >= 0.6 is 0 Å². The predicted octanol–water partition coefficient (Wildman–Crippen LogP) is 3.71. The van der Waals surface area contributed by atoms with Gasteiger partial charge in [-0.25, -0.2) is 4.79 Å². The minimum Gasteiger partial charge on any atom is -0.494 e. The first-order valence-electron chi connectivity index (χ1n) is 9.27. The number of benzene rings is 2. The van der Waals surface area contributed by atoms with Crippen molar-refractivity contribution in [3.05, 3.63) is 54.1 Å². The third kappa shape index (κ3) is 7.92. The van der Waals surface area contributed by atoms with Crippen LogP contribution in [-0.2, 0) is 4.79 Å². The van der Waals surface area contributed by atoms with Crippen molar-refractivity contribution in [2.24, 2.45) is 0 Å². The second-order valence-corrected chi connectivity index (χ2v) is 6.65. The van der Waals surface area contributed by atoms with Crippen LogP contribution in [-0.4, -0.2) is 35.7 Å². The molecule has 0 unspecified atom stereocenters. The van der Waals surface area contributed by atoms with Gasteiger partial charge >= 0.3 is 12.0 Å². The Kier molecular flexibility index (Phi) is 8.02. The fraction of sp³-hybridized carbons (Fsp3) is 0.286. The van der Waals surface area contributed by atoms with Gasteiger partial charge in [0.25, 0.3) is 5.91 Å². The fourth-order valence-electron chi connectivity index (χ4n) is 2.39. The van der Waals surface area contributed by atoms with Crippen molar-refractivity contribution in [2.75, 3.05) is 17.2 Å². The molecule has 154 valence electrons. The highest BCUT2D eigenvalue weighted by Crippen LogP contribution is 2.17. The zero-order valence-corrected chi connectivity index (χ0v) is 16.4. The molecule has 0 aromatic heterocycles. The van der Waals surface area contributed by atoms with E-state index < -0.39 is 5.97 Å². The molecule has 29 heavy (non-hydrogen) atoms. The summed E-state index contributed by atoms with van der Waals surface area (Å²) in [5.74, 6) is -0.531. The number of carbonyl (C=O) groups is 3. The molecule has 0 atom stereocenters. The second kappa shape index (κ2) is 10.7. The van der Waals surface area contributed by atoms with Gasteiger partial charge in [-0.3, -0.25) is 9.59 Å². The standard InChI is InChI=1S/C21H25N3O5/c1-14(2)22-21(28)24-17-7-5-15(6-8-17)20(27)23-16-9-11-18(12-10-16)29-13-3-4-19(25)26/h5-12,14H,3-4,13H2,1-2H3,(H,23,27)(H,25,26)(H2,22,24,28). The summed E-state index contributed by atoms with van der Waals surface area (Å²) in [6.45, 7) is 4.05. The summed E-state index contributed by atoms with van der Waals surface area (Å²) in [5, 5.41) is 16.8. The SMILES string of the molecule is CC(C)NC(=O)Nc1ccc(C(=O)Nc2ccc(OCCCC(=O)O)cc2)cc1. The molecule has 2 aromatic rings. The maximum atomic E-state index is 12.4. The van der Waals surface area contributed by atoms with Crippen molar-refractivity contribution >= 4 is 29.3 Å². The van der Waals surface area contributed by atoms with Crippen molar-refractivity contribution in [2.45, 2.75) is 32.7 Å². The van der Waals surface area contributed by atoms with Crippen molar-refractivity contribution in [3.63, 3.8) is 0 Å². The number of urea groups is 1. The number of anilines is 2. The maximum Gasteiger partial charge on any atom is 0.319 e. The summed E-state index contributed by atoms with van der Waals surface area (Å²) in [7, 11) is 0. The lowest BCUT2D eigenvalue weighted by atomic mass is 10.2. The van der Waals surface area contributed by atoms with E-state index in [1.807, 2.05) is 13.8 Å². The van der Waals surface area contributed by atoms with Crippen LogP contribution in [0.1, 0.15) is 37.0 Å². The quantitative estimate of drug-likeness (QED) is 0.480. The van der Waals surface area contributed by atoms with Gasteiger partial charge in [0.05, 0.1) is 6.61 Å². The zero-order valence-electron chi connectivity index (χ0n) is 16.4. The summed E-state index contributed by atoms with van der Waals surface area (Å²) < 4.78 is 5.45. The minimum absolute atomic E-state index is 0.0292. The second-order valence-electron chi connectivity index (χ2n) is 6.65. The minimum atomic E-state index is -0.853. The zero-order chi connectivity index (χ0) is 21.2. The Morgan fingerprint density at radius 1 is 0.931 bits per heavy atom. The van der Waals surface area contributed by atoms with E-state index in [1.54, 1.807) is 48.5 Å². The first kappa shape index (κ1) is 21.7. The van der Waals surface area contributed by atoms with Crippen molar-refractivity contribution in [3.8, 4) is 5.75 Å². The highest BCUT2D eigenvalue weighted by atomic mass is 16.5. The van der Waals surface area contributed by atoms with E-state index in [4.69, 9.17) is 9.84 Å². The highest BCUT2D eigenvalue weighted by Gasteiger charge is 2.08. The lowest BCUT2D eigenvalue weighted by Gasteiger charge is -2.11. The Labute approximate surface area is 169 Å². The molecule has 3 amide bonds. The number of carboxylic acids is 1. The smallest absolute Gasteiger partial charge is 0.319 e. The molecule has 0 aliphatic rings. The lowest BCUT2D eigenvalue weighted by Crippen LogP contribution is -2.34. The molecular weight excluding hydrogens is 374 g/mol. The van der Waals surface area contributed by atoms with Crippen LogP contribution in [0.25, 0.3) is 0 Å². The number of carboxylic acid groups (broad SMARTS) is 1. The average molecular weight is 399 g/mol. The summed E-state index contributed by atoms with van der Waals surface area (Å²) >= 11 is 0. The Bertz CT molecular complexity index is 832. The Hall–Kier alpha value is -3.55. The van der Waals surface area contributed by atoms with E-state index >= 15 is 0 Å². The Morgan fingerprint density at radius 3 is 2.10 bits per heavy atom. The van der Waals surface area contributed by atoms with Crippen LogP contribution in [0.5, 0.6) is 5.75 Å². The Balaban J connectivity index is 1.84. The molecular formula is C21H25N3O5. The summed E-state index contributed by atoms with van der Waals surface area (Å²) in [6.07, 6.45) is 0.489. The third-order valence-corrected chi connectivity index (χ3v) is 3.74. The van der Waals surface area contributed by atoms with Gasteiger partial charge in [-0.05, 0) is 68.8 Å². The van der Waals surface area contributed by atoms with Crippen LogP contribution in [0.15, 0.2) is 48.5 Å². The van der Waals surface area contributed by atoms with E-state index in [9.17, 15) is 14.4 Å². The molecule has 4 N–H and O–H groups in total. The van der Waals surface area contributed by atoms with Gasteiger partial charge in [0.2, 0.25) is 0 Å². The van der Waals surface area contributed by atoms with Crippen LogP contribution in [0.3, 0.4) is 0 Å². The van der Waals surface area contributed by atoms with Crippen LogP contribution < -0.4 is 20.7 Å². The Morgan fingerprint density at radius 2 is 1.52 bits per heavy atom. The number of rotatable bonds is 9. The van der Waals surface area contributed by atoms with Gasteiger partial charge in [0.15, 0.2) is 0 Å². The average Bonchev–Trinajstić information content (AvgIpc) is 2.66. The molecule has 0 saturated carbocycles. The predicted molar refractivity (Wildman–Crippen MR) is 110 cm³/mol. The fourth-order valence-corrected chi connectivity index (χ4v) is 2.39. The van der Waals surface area contributed by atoms with Crippen LogP contribution in [0.4, 0.5) is 16.2 Å². The number of aliphatic carboxylic acids is 1. The first-order chi connectivity index (χ1) is 13.8. The molecule has 0 spiro atoms. The number of carbonyl (C=O) groups excluding carboxylic acids is 2. The largest absolute Gasteiger partial charge is 0.494 e. The third-order valence-electron chi connectivity index (χ3n) is 3.74. The van der Waals surface area contributed by atoms with Gasteiger partial charge in [-0.2, -0.15) is 0 Å². The van der Waals surface area contributed by atoms with E-state index in [0.717, 1.165) is 0 Å². The molecule has 0 aliphatic heterocycles. The van der Waals surface area contributed by atoms with Gasteiger partial charge in [-0.15, -0.1) is 0 Å². The lowest BCUT2D eigenvalue weighted by molar-refractivity contribution is -0.137. The van der Waals surface area contributed by atoms with Gasteiger partial charge in [-0.1, -0.05) is 0 Å². The summed E-state index contributed by atoms with van der Waals surface area (Å²) in [4.78, 5) is 34.5. The molecule has 0 bridgehead atoms. The normalized spacial score (nSPS) is 10.3. The molecule has 0 aliphatic carbocycles.